The van der Waals surface area contributed by atoms with Crippen molar-refractivity contribution in [2.75, 3.05) is 0 Å². The summed E-state index contributed by atoms with van der Waals surface area (Å²) in [7, 11) is 0. The van der Waals surface area contributed by atoms with Crippen molar-refractivity contribution in [2.45, 2.75) is 45.5 Å². The molecule has 0 saturated carbocycles. The normalized spacial score (nSPS) is 12.1. The van der Waals surface area contributed by atoms with E-state index in [0.717, 1.165) is 11.1 Å². The molecule has 0 heterocycles. The van der Waals surface area contributed by atoms with Gasteiger partial charge >= 0.3 is 12.1 Å². The van der Waals surface area contributed by atoms with Crippen LogP contribution in [0.5, 0.6) is 5.75 Å². The van der Waals surface area contributed by atoms with E-state index < -0.39 is 23.8 Å². The van der Waals surface area contributed by atoms with Gasteiger partial charge in [0.15, 0.2) is 6.10 Å². The summed E-state index contributed by atoms with van der Waals surface area (Å²) in [6.07, 6.45) is -2.02. The first-order valence-corrected chi connectivity index (χ1v) is 8.86. The summed E-state index contributed by atoms with van der Waals surface area (Å²) in [6, 6.07) is 16.8. The molecule has 2 N–H and O–H groups in total. The number of carbonyl (C=O) groups is 2. The number of rotatable bonds is 8. The fraction of sp³-hybridized carbons (Fsp3) is 0.333. The molecule has 0 radical (unpaired) electrons. The fourth-order valence-electron chi connectivity index (χ4n) is 2.27. The van der Waals surface area contributed by atoms with E-state index in [1.54, 1.807) is 45.0 Å². The smallest absolute Gasteiger partial charge is 0.431 e. The maximum absolute atomic E-state index is 11.6. The van der Waals surface area contributed by atoms with Crippen LogP contribution in [-0.2, 0) is 27.4 Å². The van der Waals surface area contributed by atoms with Crippen LogP contribution >= 0.6 is 0 Å². The molecule has 0 aliphatic heterocycles. The van der Waals surface area contributed by atoms with Crippen molar-refractivity contribution in [2.24, 2.45) is 0 Å². The molecule has 0 aromatic heterocycles. The van der Waals surface area contributed by atoms with Crippen molar-refractivity contribution >= 4 is 12.1 Å². The van der Waals surface area contributed by atoms with Gasteiger partial charge in [0.2, 0.25) is 0 Å². The standard InChI is InChI=1S/C21H25NO6/c1-21(2,3)27-20(25)22-28-18(19(23)24)13-15-9-11-17(12-10-15)26-14-16-7-5-4-6-8-16/h4-12,18H,13-14H2,1-3H3,(H,22,25)(H,23,24)/t18-/m0/s1. The molecule has 2 aromatic carbocycles. The molecule has 0 aliphatic carbocycles. The Bertz CT molecular complexity index is 768. The predicted molar refractivity (Wildman–Crippen MR) is 103 cm³/mol. The molecule has 150 valence electrons. The highest BCUT2D eigenvalue weighted by Gasteiger charge is 2.22. The SMILES string of the molecule is CC(C)(C)OC(=O)NO[C@@H](Cc1ccc(OCc2ccccc2)cc1)C(=O)O. The third-order valence-corrected chi connectivity index (χ3v) is 3.55. The average molecular weight is 387 g/mol. The molecule has 7 nitrogen and oxygen atoms in total. The van der Waals surface area contributed by atoms with Gasteiger partial charge in [-0.25, -0.2) is 9.59 Å². The van der Waals surface area contributed by atoms with Crippen molar-refractivity contribution in [3.05, 3.63) is 65.7 Å². The second kappa shape index (κ2) is 9.75. The average Bonchev–Trinajstić information content (AvgIpc) is 2.63. The van der Waals surface area contributed by atoms with E-state index in [2.05, 4.69) is 0 Å². The van der Waals surface area contributed by atoms with Gasteiger partial charge in [0.1, 0.15) is 18.0 Å². The maximum Gasteiger partial charge on any atom is 0.431 e. The van der Waals surface area contributed by atoms with Crippen LogP contribution in [0.15, 0.2) is 54.6 Å². The Kier molecular flexibility index (Phi) is 7.40. The third-order valence-electron chi connectivity index (χ3n) is 3.55. The van der Waals surface area contributed by atoms with Crippen LogP contribution in [0.3, 0.4) is 0 Å². The molecule has 28 heavy (non-hydrogen) atoms. The van der Waals surface area contributed by atoms with Crippen molar-refractivity contribution in [1.29, 1.82) is 0 Å². The van der Waals surface area contributed by atoms with Gasteiger partial charge in [-0.1, -0.05) is 42.5 Å². The van der Waals surface area contributed by atoms with Crippen LogP contribution in [0.25, 0.3) is 0 Å². The predicted octanol–water partition coefficient (Wildman–Crippen LogP) is 3.72. The Balaban J connectivity index is 1.87. The Morgan fingerprint density at radius 3 is 2.21 bits per heavy atom. The number of benzene rings is 2. The van der Waals surface area contributed by atoms with Crippen LogP contribution in [0.4, 0.5) is 4.79 Å². The second-order valence-electron chi connectivity index (χ2n) is 7.17. The number of hydrogen-bond donors (Lipinski definition) is 2. The van der Waals surface area contributed by atoms with Gasteiger partial charge in [0.25, 0.3) is 0 Å². The van der Waals surface area contributed by atoms with Gasteiger partial charge < -0.3 is 14.6 Å². The molecule has 2 rings (SSSR count). The number of amides is 1. The van der Waals surface area contributed by atoms with E-state index in [-0.39, 0.29) is 6.42 Å². The van der Waals surface area contributed by atoms with E-state index in [0.29, 0.717) is 12.4 Å². The molecule has 1 amide bonds. The zero-order valence-corrected chi connectivity index (χ0v) is 16.2. The summed E-state index contributed by atoms with van der Waals surface area (Å²) in [5, 5.41) is 9.30. The lowest BCUT2D eigenvalue weighted by Crippen LogP contribution is -2.38. The van der Waals surface area contributed by atoms with Gasteiger partial charge in [0, 0.05) is 6.42 Å². The molecule has 1 atom stereocenters. The lowest BCUT2D eigenvalue weighted by atomic mass is 10.1. The Morgan fingerprint density at radius 1 is 1.00 bits per heavy atom. The Labute approximate surface area is 164 Å². The number of carboxylic acid groups (broad SMARTS) is 1. The molecule has 0 bridgehead atoms. The summed E-state index contributed by atoms with van der Waals surface area (Å²) in [5.74, 6) is -0.521. The zero-order valence-electron chi connectivity index (χ0n) is 16.2. The minimum absolute atomic E-state index is 0.0735. The number of nitrogens with one attached hydrogen (secondary N) is 1. The highest BCUT2D eigenvalue weighted by Crippen LogP contribution is 2.16. The molecule has 0 fully saturated rings. The van der Waals surface area contributed by atoms with Crippen molar-refractivity contribution in [3.63, 3.8) is 0 Å². The third kappa shape index (κ3) is 7.67. The van der Waals surface area contributed by atoms with Crippen LogP contribution < -0.4 is 10.2 Å². The van der Waals surface area contributed by atoms with Gasteiger partial charge in [-0.2, -0.15) is 5.48 Å². The van der Waals surface area contributed by atoms with E-state index in [1.807, 2.05) is 35.8 Å². The maximum atomic E-state index is 11.6. The fourth-order valence-corrected chi connectivity index (χ4v) is 2.27. The largest absolute Gasteiger partial charge is 0.489 e. The molecule has 2 aromatic rings. The van der Waals surface area contributed by atoms with E-state index in [9.17, 15) is 14.7 Å². The molecular formula is C21H25NO6. The van der Waals surface area contributed by atoms with E-state index >= 15 is 0 Å². The highest BCUT2D eigenvalue weighted by molar-refractivity contribution is 5.73. The molecule has 7 heteroatoms. The number of ether oxygens (including phenoxy) is 2. The zero-order chi connectivity index (χ0) is 20.6. The van der Waals surface area contributed by atoms with Crippen molar-refractivity contribution in [3.8, 4) is 5.75 Å². The number of aliphatic carboxylic acids is 1. The van der Waals surface area contributed by atoms with Gasteiger partial charge in [-0.15, -0.1) is 0 Å². The quantitative estimate of drug-likeness (QED) is 0.671. The summed E-state index contributed by atoms with van der Waals surface area (Å²) in [5.41, 5.74) is 3.10. The van der Waals surface area contributed by atoms with Gasteiger partial charge in [-0.3, -0.25) is 4.84 Å². The number of carbonyl (C=O) groups excluding carboxylic acids is 1. The lowest BCUT2D eigenvalue weighted by Gasteiger charge is -2.20. The van der Waals surface area contributed by atoms with Crippen molar-refractivity contribution in [1.82, 2.24) is 5.48 Å². The first kappa shape index (κ1) is 21.2. The van der Waals surface area contributed by atoms with Crippen molar-refractivity contribution < 1.29 is 29.0 Å². The van der Waals surface area contributed by atoms with E-state index in [4.69, 9.17) is 14.3 Å². The van der Waals surface area contributed by atoms with Gasteiger partial charge in [0.05, 0.1) is 0 Å². The summed E-state index contributed by atoms with van der Waals surface area (Å²) in [4.78, 5) is 28.0. The summed E-state index contributed by atoms with van der Waals surface area (Å²) < 4.78 is 10.7. The lowest BCUT2D eigenvalue weighted by molar-refractivity contribution is -0.154. The number of hydrogen-bond acceptors (Lipinski definition) is 5. The first-order chi connectivity index (χ1) is 13.2. The molecule has 0 spiro atoms. The summed E-state index contributed by atoms with van der Waals surface area (Å²) >= 11 is 0. The monoisotopic (exact) mass is 387 g/mol. The summed E-state index contributed by atoms with van der Waals surface area (Å²) in [6.45, 7) is 5.54. The number of carboxylic acids is 1. The Morgan fingerprint density at radius 2 is 1.64 bits per heavy atom. The van der Waals surface area contributed by atoms with Crippen LogP contribution in [0, 0.1) is 0 Å². The van der Waals surface area contributed by atoms with Crippen LogP contribution in [-0.4, -0.2) is 28.9 Å². The van der Waals surface area contributed by atoms with Crippen LogP contribution in [0.1, 0.15) is 31.9 Å². The topological polar surface area (TPSA) is 94.1 Å². The Hall–Kier alpha value is -3.06. The highest BCUT2D eigenvalue weighted by atomic mass is 16.7. The molecule has 0 saturated heterocycles. The van der Waals surface area contributed by atoms with E-state index in [1.165, 1.54) is 0 Å². The number of hydroxylamine groups is 1. The molecule has 0 unspecified atom stereocenters. The molecular weight excluding hydrogens is 362 g/mol. The minimum atomic E-state index is -1.25. The van der Waals surface area contributed by atoms with Gasteiger partial charge in [-0.05, 0) is 44.0 Å². The first-order valence-electron chi connectivity index (χ1n) is 8.86. The second-order valence-corrected chi connectivity index (χ2v) is 7.17. The molecule has 0 aliphatic rings. The minimum Gasteiger partial charge on any atom is -0.489 e. The van der Waals surface area contributed by atoms with Crippen LogP contribution in [0.2, 0.25) is 0 Å².